The molecule has 1 aromatic carbocycles. The van der Waals surface area contributed by atoms with Crippen LogP contribution in [0.25, 0.3) is 0 Å². The highest BCUT2D eigenvalue weighted by Crippen LogP contribution is 2.31. The number of carbonyl (C=O) groups excluding carboxylic acids is 1. The van der Waals surface area contributed by atoms with Gasteiger partial charge in [0.2, 0.25) is 5.95 Å². The van der Waals surface area contributed by atoms with Crippen molar-refractivity contribution >= 4 is 11.6 Å². The molecule has 0 radical (unpaired) electrons. The predicted molar refractivity (Wildman–Crippen MR) is 63.6 cm³/mol. The van der Waals surface area contributed by atoms with Crippen molar-refractivity contribution in [2.24, 2.45) is 0 Å². The highest BCUT2D eigenvalue weighted by atomic mass is 19.4. The van der Waals surface area contributed by atoms with E-state index in [0.717, 1.165) is 12.3 Å². The third kappa shape index (κ3) is 3.33. The number of pyridine rings is 1. The topological polar surface area (TPSA) is 42.0 Å². The number of hydrogen-bond acceptors (Lipinski definition) is 2. The summed E-state index contributed by atoms with van der Waals surface area (Å²) in [5.74, 6) is -3.28. The molecule has 1 N–H and O–H groups in total. The molecule has 0 saturated heterocycles. The zero-order valence-corrected chi connectivity index (χ0v) is 10.2. The molecule has 8 heteroatoms. The lowest BCUT2D eigenvalue weighted by Gasteiger charge is -2.11. The van der Waals surface area contributed by atoms with Gasteiger partial charge in [-0.15, -0.1) is 0 Å². The Labute approximate surface area is 115 Å². The first-order chi connectivity index (χ1) is 9.79. The van der Waals surface area contributed by atoms with Crippen LogP contribution in [0.5, 0.6) is 0 Å². The number of nitrogens with zero attached hydrogens (tertiary/aromatic N) is 1. The van der Waals surface area contributed by atoms with Gasteiger partial charge in [0.05, 0.1) is 16.8 Å². The van der Waals surface area contributed by atoms with Gasteiger partial charge in [0, 0.05) is 6.20 Å². The van der Waals surface area contributed by atoms with Crippen LogP contribution in [0.15, 0.2) is 36.5 Å². The van der Waals surface area contributed by atoms with E-state index in [1.54, 1.807) is 0 Å². The van der Waals surface area contributed by atoms with Crippen LogP contribution in [-0.2, 0) is 6.18 Å². The average molecular weight is 302 g/mol. The van der Waals surface area contributed by atoms with Crippen LogP contribution < -0.4 is 5.32 Å². The molecule has 0 aliphatic carbocycles. The molecule has 0 saturated carbocycles. The fourth-order valence-corrected chi connectivity index (χ4v) is 1.54. The van der Waals surface area contributed by atoms with Crippen LogP contribution in [0.2, 0.25) is 0 Å². The molecule has 0 spiro atoms. The summed E-state index contributed by atoms with van der Waals surface area (Å²) in [5.41, 5.74) is -2.33. The number of anilines is 1. The summed E-state index contributed by atoms with van der Waals surface area (Å²) >= 11 is 0. The van der Waals surface area contributed by atoms with Crippen molar-refractivity contribution in [3.63, 3.8) is 0 Å². The minimum absolute atomic E-state index is 0.432. The summed E-state index contributed by atoms with van der Waals surface area (Å²) in [6, 6.07) is 3.87. The van der Waals surface area contributed by atoms with Crippen LogP contribution in [0.1, 0.15) is 15.9 Å². The number of aromatic nitrogens is 1. The minimum Gasteiger partial charge on any atom is -0.319 e. The lowest BCUT2D eigenvalue weighted by Crippen LogP contribution is -2.16. The zero-order chi connectivity index (χ0) is 15.6. The van der Waals surface area contributed by atoms with Crippen molar-refractivity contribution in [1.29, 1.82) is 0 Å². The third-order valence-corrected chi connectivity index (χ3v) is 2.55. The first kappa shape index (κ1) is 14.9. The Balaban J connectivity index is 2.31. The number of nitrogens with one attached hydrogen (secondary N) is 1. The van der Waals surface area contributed by atoms with Crippen LogP contribution in [0.3, 0.4) is 0 Å². The molecule has 0 aliphatic rings. The zero-order valence-electron chi connectivity index (χ0n) is 10.2. The summed E-state index contributed by atoms with van der Waals surface area (Å²) < 4.78 is 64.3. The van der Waals surface area contributed by atoms with Gasteiger partial charge in [-0.25, -0.2) is 9.37 Å². The van der Waals surface area contributed by atoms with Gasteiger partial charge in [-0.3, -0.25) is 4.79 Å². The molecule has 0 unspecified atom stereocenters. The van der Waals surface area contributed by atoms with E-state index in [9.17, 15) is 26.7 Å². The van der Waals surface area contributed by atoms with E-state index in [-0.39, 0.29) is 0 Å². The maximum atomic E-state index is 13.4. The summed E-state index contributed by atoms with van der Waals surface area (Å²) in [6.45, 7) is 0. The molecule has 3 nitrogen and oxygen atoms in total. The molecule has 21 heavy (non-hydrogen) atoms. The van der Waals surface area contributed by atoms with Gasteiger partial charge in [0.15, 0.2) is 0 Å². The highest BCUT2D eigenvalue weighted by molar-refractivity contribution is 6.04. The normalized spacial score (nSPS) is 11.3. The first-order valence-corrected chi connectivity index (χ1v) is 5.57. The average Bonchev–Trinajstić information content (AvgIpc) is 2.40. The summed E-state index contributed by atoms with van der Waals surface area (Å²) in [4.78, 5) is 14.9. The van der Waals surface area contributed by atoms with Gasteiger partial charge in [0.25, 0.3) is 5.91 Å². The van der Waals surface area contributed by atoms with Gasteiger partial charge >= 0.3 is 6.18 Å². The summed E-state index contributed by atoms with van der Waals surface area (Å²) in [7, 11) is 0. The van der Waals surface area contributed by atoms with E-state index in [0.29, 0.717) is 18.2 Å². The van der Waals surface area contributed by atoms with Crippen molar-refractivity contribution in [3.8, 4) is 0 Å². The van der Waals surface area contributed by atoms with Crippen molar-refractivity contribution in [2.75, 3.05) is 5.32 Å². The lowest BCUT2D eigenvalue weighted by molar-refractivity contribution is -0.137. The molecular weight excluding hydrogens is 295 g/mol. The number of rotatable bonds is 2. The molecule has 0 bridgehead atoms. The molecule has 1 amide bonds. The lowest BCUT2D eigenvalue weighted by atomic mass is 10.1. The summed E-state index contributed by atoms with van der Waals surface area (Å²) in [6.07, 6.45) is -3.59. The predicted octanol–water partition coefficient (Wildman–Crippen LogP) is 3.63. The number of amides is 1. The Kier molecular flexibility index (Phi) is 3.88. The smallest absolute Gasteiger partial charge is 0.319 e. The number of halogens is 5. The van der Waals surface area contributed by atoms with Crippen molar-refractivity contribution in [1.82, 2.24) is 4.98 Å². The van der Waals surface area contributed by atoms with Crippen LogP contribution in [0.4, 0.5) is 27.6 Å². The number of alkyl halides is 3. The van der Waals surface area contributed by atoms with Crippen molar-refractivity contribution in [2.45, 2.75) is 6.18 Å². The second kappa shape index (κ2) is 5.47. The van der Waals surface area contributed by atoms with E-state index in [4.69, 9.17) is 0 Å². The Morgan fingerprint density at radius 1 is 1.14 bits per heavy atom. The molecule has 0 aliphatic heterocycles. The van der Waals surface area contributed by atoms with Gasteiger partial charge in [-0.2, -0.15) is 17.6 Å². The van der Waals surface area contributed by atoms with Crippen LogP contribution >= 0.6 is 0 Å². The Morgan fingerprint density at radius 3 is 2.48 bits per heavy atom. The van der Waals surface area contributed by atoms with E-state index in [2.05, 4.69) is 4.98 Å². The molecule has 110 valence electrons. The first-order valence-electron chi connectivity index (χ1n) is 5.57. The van der Waals surface area contributed by atoms with Gasteiger partial charge < -0.3 is 5.32 Å². The van der Waals surface area contributed by atoms with E-state index >= 15 is 0 Å². The molecule has 1 aromatic heterocycles. The van der Waals surface area contributed by atoms with Gasteiger partial charge in [-0.05, 0) is 30.3 Å². The van der Waals surface area contributed by atoms with E-state index in [1.165, 1.54) is 6.07 Å². The van der Waals surface area contributed by atoms with Crippen LogP contribution in [-0.4, -0.2) is 10.9 Å². The molecule has 2 aromatic rings. The Bertz CT molecular complexity index is 685. The second-order valence-corrected chi connectivity index (χ2v) is 3.99. The Morgan fingerprint density at radius 2 is 1.86 bits per heavy atom. The number of hydrogen-bond donors (Lipinski definition) is 1. The molecular formula is C13H7F5N2O. The molecule has 0 fully saturated rings. The molecule has 1 heterocycles. The quantitative estimate of drug-likeness (QED) is 0.680. The fraction of sp³-hybridized carbons (Fsp3) is 0.0769. The van der Waals surface area contributed by atoms with Gasteiger partial charge in [0.1, 0.15) is 5.82 Å². The van der Waals surface area contributed by atoms with Crippen molar-refractivity contribution < 1.29 is 26.7 Å². The maximum absolute atomic E-state index is 13.4. The van der Waals surface area contributed by atoms with Gasteiger partial charge in [-0.1, -0.05) is 0 Å². The van der Waals surface area contributed by atoms with E-state index < -0.39 is 40.7 Å². The second-order valence-electron chi connectivity index (χ2n) is 3.99. The third-order valence-electron chi connectivity index (χ3n) is 2.55. The largest absolute Gasteiger partial charge is 0.416 e. The fourth-order valence-electron chi connectivity index (χ4n) is 1.54. The van der Waals surface area contributed by atoms with Crippen LogP contribution in [0, 0.1) is 11.8 Å². The molecule has 2 rings (SSSR count). The SMILES string of the molecule is O=C(Nc1cc(C(F)(F)F)ccc1F)c1cccnc1F. The number of carbonyl (C=O) groups is 1. The maximum Gasteiger partial charge on any atom is 0.416 e. The van der Waals surface area contributed by atoms with Crippen molar-refractivity contribution in [3.05, 3.63) is 59.4 Å². The molecule has 0 atom stereocenters. The monoisotopic (exact) mass is 302 g/mol. The minimum atomic E-state index is -4.69. The standard InChI is InChI=1S/C13H7F5N2O/c14-9-4-3-7(13(16,17)18)6-10(9)20-12(21)8-2-1-5-19-11(8)15/h1-6H,(H,20,21). The van der Waals surface area contributed by atoms with E-state index in [1.807, 2.05) is 5.32 Å². The Hall–Kier alpha value is -2.51. The number of benzene rings is 1. The highest BCUT2D eigenvalue weighted by Gasteiger charge is 2.31. The summed E-state index contributed by atoms with van der Waals surface area (Å²) in [5, 5.41) is 1.89.